The lowest BCUT2D eigenvalue weighted by Crippen LogP contribution is -2.42. The topological polar surface area (TPSA) is 80.8 Å². The Hall–Kier alpha value is -0.970. The third-order valence-electron chi connectivity index (χ3n) is 4.17. The average molecular weight is 416 g/mol. The van der Waals surface area contributed by atoms with Crippen LogP contribution in [0.4, 0.5) is 8.78 Å². The lowest BCUT2D eigenvalue weighted by molar-refractivity contribution is -0.0498. The molecule has 1 aliphatic heterocycles. The summed E-state index contributed by atoms with van der Waals surface area (Å²) in [5.41, 5.74) is 0. The third kappa shape index (κ3) is 4.07. The van der Waals surface area contributed by atoms with Gasteiger partial charge in [0, 0.05) is 12.1 Å². The van der Waals surface area contributed by atoms with Crippen LogP contribution in [0.1, 0.15) is 19.3 Å². The van der Waals surface area contributed by atoms with Crippen molar-refractivity contribution in [1.29, 1.82) is 0 Å². The predicted molar refractivity (Wildman–Crippen MR) is 87.2 cm³/mol. The summed E-state index contributed by atoms with van der Waals surface area (Å²) in [6, 6.07) is 2.40. The van der Waals surface area contributed by atoms with E-state index in [9.17, 15) is 25.6 Å². The first-order valence-corrected chi connectivity index (χ1v) is 11.2. The first kappa shape index (κ1) is 18.8. The fourth-order valence-electron chi connectivity index (χ4n) is 2.95. The molecule has 2 fully saturated rings. The van der Waals surface area contributed by atoms with Crippen molar-refractivity contribution in [3.8, 4) is 5.75 Å². The van der Waals surface area contributed by atoms with Crippen LogP contribution in [0.25, 0.3) is 0 Å². The molecule has 11 heteroatoms. The van der Waals surface area contributed by atoms with E-state index < -0.39 is 32.5 Å². The number of rotatable bonds is 6. The molecular formula is C14H16ClF2NO5S2. The molecule has 0 aromatic heterocycles. The standard InChI is InChI=1S/C14H16ClF2NO5S2/c15-12-7-11(3-4-13(12)23-14(16)17)25(21,22)18(9-1-2-9)10-5-6-24(19,20)8-10/h3-4,7,9-10,14H,1-2,5-6,8H2. The maximum Gasteiger partial charge on any atom is 0.387 e. The van der Waals surface area contributed by atoms with E-state index in [0.717, 1.165) is 18.2 Å². The van der Waals surface area contributed by atoms with Gasteiger partial charge in [0.2, 0.25) is 10.0 Å². The zero-order valence-electron chi connectivity index (χ0n) is 12.9. The van der Waals surface area contributed by atoms with Gasteiger partial charge in [-0.1, -0.05) is 11.6 Å². The monoisotopic (exact) mass is 415 g/mol. The van der Waals surface area contributed by atoms with E-state index in [1.54, 1.807) is 0 Å². The highest BCUT2D eigenvalue weighted by Crippen LogP contribution is 2.38. The molecule has 0 radical (unpaired) electrons. The minimum absolute atomic E-state index is 0.0433. The molecule has 25 heavy (non-hydrogen) atoms. The molecule has 6 nitrogen and oxygen atoms in total. The quantitative estimate of drug-likeness (QED) is 0.712. The Bertz CT molecular complexity index is 871. The van der Waals surface area contributed by atoms with Gasteiger partial charge in [0.05, 0.1) is 21.4 Å². The van der Waals surface area contributed by atoms with Gasteiger partial charge in [-0.05, 0) is 37.5 Å². The van der Waals surface area contributed by atoms with Crippen LogP contribution < -0.4 is 4.74 Å². The van der Waals surface area contributed by atoms with E-state index in [1.807, 2.05) is 0 Å². The number of alkyl halides is 2. The fraction of sp³-hybridized carbons (Fsp3) is 0.571. The second-order valence-corrected chi connectivity index (χ2v) is 10.6. The van der Waals surface area contributed by atoms with E-state index >= 15 is 0 Å². The van der Waals surface area contributed by atoms with Crippen molar-refractivity contribution in [2.24, 2.45) is 0 Å². The van der Waals surface area contributed by atoms with E-state index in [0.29, 0.717) is 12.8 Å². The molecule has 0 spiro atoms. The SMILES string of the molecule is O=S1(=O)CCC(N(C2CC2)S(=O)(=O)c2ccc(OC(F)F)c(Cl)c2)C1. The van der Waals surface area contributed by atoms with Gasteiger partial charge in [-0.25, -0.2) is 16.8 Å². The maximum atomic E-state index is 13.0. The van der Waals surface area contributed by atoms with Gasteiger partial charge in [0.1, 0.15) is 5.75 Å². The number of ether oxygens (including phenoxy) is 1. The molecular weight excluding hydrogens is 400 g/mol. The highest BCUT2D eigenvalue weighted by molar-refractivity contribution is 7.92. The van der Waals surface area contributed by atoms with Crippen molar-refractivity contribution in [1.82, 2.24) is 4.31 Å². The Kier molecular flexibility index (Phi) is 5.00. The van der Waals surface area contributed by atoms with Crippen LogP contribution in [0.15, 0.2) is 23.1 Å². The van der Waals surface area contributed by atoms with Crippen LogP contribution in [-0.4, -0.2) is 51.3 Å². The average Bonchev–Trinajstić information content (AvgIpc) is 3.24. The molecule has 1 aromatic carbocycles. The number of halogens is 3. The molecule has 1 saturated heterocycles. The first-order chi connectivity index (χ1) is 11.6. The van der Waals surface area contributed by atoms with Crippen LogP contribution >= 0.6 is 11.6 Å². The summed E-state index contributed by atoms with van der Waals surface area (Å²) in [5, 5.41) is -0.254. The van der Waals surface area contributed by atoms with Crippen LogP contribution in [0.5, 0.6) is 5.75 Å². The van der Waals surface area contributed by atoms with Gasteiger partial charge in [-0.3, -0.25) is 0 Å². The summed E-state index contributed by atoms with van der Waals surface area (Å²) in [4.78, 5) is -0.171. The van der Waals surface area contributed by atoms with Crippen molar-refractivity contribution in [3.05, 3.63) is 23.2 Å². The molecule has 3 rings (SSSR count). The smallest absolute Gasteiger partial charge is 0.387 e. The van der Waals surface area contributed by atoms with Crippen molar-refractivity contribution >= 4 is 31.5 Å². The fourth-order valence-corrected chi connectivity index (χ4v) is 6.97. The molecule has 1 unspecified atom stereocenters. The Morgan fingerprint density at radius 2 is 1.88 bits per heavy atom. The summed E-state index contributed by atoms with van der Waals surface area (Å²) in [7, 11) is -7.25. The second kappa shape index (κ2) is 6.64. The minimum Gasteiger partial charge on any atom is -0.433 e. The zero-order chi connectivity index (χ0) is 18.4. The van der Waals surface area contributed by atoms with Crippen LogP contribution in [0.2, 0.25) is 5.02 Å². The number of sulfone groups is 1. The molecule has 2 aliphatic rings. The minimum atomic E-state index is -4.00. The number of benzene rings is 1. The summed E-state index contributed by atoms with van der Waals surface area (Å²) in [6.07, 6.45) is 1.57. The number of hydrogen-bond donors (Lipinski definition) is 0. The Morgan fingerprint density at radius 3 is 2.36 bits per heavy atom. The van der Waals surface area contributed by atoms with Gasteiger partial charge in [-0.15, -0.1) is 0 Å². The van der Waals surface area contributed by atoms with E-state index in [1.165, 1.54) is 4.31 Å². The van der Waals surface area contributed by atoms with E-state index in [2.05, 4.69) is 4.74 Å². The van der Waals surface area contributed by atoms with Crippen molar-refractivity contribution in [2.75, 3.05) is 11.5 Å². The lowest BCUT2D eigenvalue weighted by Gasteiger charge is -2.27. The molecule has 1 atom stereocenters. The highest BCUT2D eigenvalue weighted by Gasteiger charge is 2.46. The van der Waals surface area contributed by atoms with Crippen LogP contribution in [-0.2, 0) is 19.9 Å². The number of sulfonamides is 1. The molecule has 0 N–H and O–H groups in total. The van der Waals surface area contributed by atoms with Crippen LogP contribution in [0.3, 0.4) is 0 Å². The predicted octanol–water partition coefficient (Wildman–Crippen LogP) is 2.28. The van der Waals surface area contributed by atoms with Gasteiger partial charge in [-0.2, -0.15) is 13.1 Å². The second-order valence-electron chi connectivity index (χ2n) is 6.09. The van der Waals surface area contributed by atoms with Gasteiger partial charge >= 0.3 is 6.61 Å². The summed E-state index contributed by atoms with van der Waals surface area (Å²) >= 11 is 5.85. The molecule has 0 bridgehead atoms. The first-order valence-electron chi connectivity index (χ1n) is 7.58. The van der Waals surface area contributed by atoms with Gasteiger partial charge < -0.3 is 4.74 Å². The zero-order valence-corrected chi connectivity index (χ0v) is 15.3. The van der Waals surface area contributed by atoms with Crippen LogP contribution in [0, 0.1) is 0 Å². The molecule has 1 aromatic rings. The summed E-state index contributed by atoms with van der Waals surface area (Å²) in [5.74, 6) is -0.571. The Morgan fingerprint density at radius 1 is 1.20 bits per heavy atom. The summed E-state index contributed by atoms with van der Waals surface area (Å²) < 4.78 is 79.4. The maximum absolute atomic E-state index is 13.0. The summed E-state index contributed by atoms with van der Waals surface area (Å²) in [6.45, 7) is -3.08. The van der Waals surface area contributed by atoms with Crippen molar-refractivity contribution < 1.29 is 30.4 Å². The molecule has 1 heterocycles. The van der Waals surface area contributed by atoms with Gasteiger partial charge in [0.25, 0.3) is 0 Å². The number of hydrogen-bond acceptors (Lipinski definition) is 5. The molecule has 140 valence electrons. The van der Waals surface area contributed by atoms with E-state index in [4.69, 9.17) is 11.6 Å². The Labute approximate surface area is 149 Å². The lowest BCUT2D eigenvalue weighted by atomic mass is 10.2. The molecule has 0 amide bonds. The van der Waals surface area contributed by atoms with E-state index in [-0.39, 0.29) is 39.6 Å². The Balaban J connectivity index is 1.92. The number of nitrogens with zero attached hydrogens (tertiary/aromatic N) is 1. The highest BCUT2D eigenvalue weighted by atomic mass is 35.5. The normalized spacial score (nSPS) is 23.3. The molecule has 1 aliphatic carbocycles. The van der Waals surface area contributed by atoms with Crippen molar-refractivity contribution in [3.63, 3.8) is 0 Å². The van der Waals surface area contributed by atoms with Crippen molar-refractivity contribution in [2.45, 2.75) is 42.9 Å². The molecule has 1 saturated carbocycles. The van der Waals surface area contributed by atoms with Gasteiger partial charge in [0.15, 0.2) is 9.84 Å². The largest absolute Gasteiger partial charge is 0.433 e. The third-order valence-corrected chi connectivity index (χ3v) is 8.22.